The second-order valence-electron chi connectivity index (χ2n) is 8.38. The summed E-state index contributed by atoms with van der Waals surface area (Å²) in [6.45, 7) is 4.25. The molecule has 0 spiro atoms. The van der Waals surface area contributed by atoms with E-state index in [-0.39, 0.29) is 29.2 Å². The topological polar surface area (TPSA) is 124 Å². The van der Waals surface area contributed by atoms with Gasteiger partial charge < -0.3 is 14.5 Å². The van der Waals surface area contributed by atoms with Gasteiger partial charge in [0, 0.05) is 49.0 Å². The molecular formula is C23H21N7O4. The number of hydrogen-bond donors (Lipinski definition) is 0. The molecule has 34 heavy (non-hydrogen) atoms. The van der Waals surface area contributed by atoms with E-state index in [9.17, 15) is 14.8 Å². The molecule has 4 aromatic rings. The predicted octanol–water partition coefficient (Wildman–Crippen LogP) is 1.04. The molecule has 3 aromatic heterocycles. The normalized spacial score (nSPS) is 16.2. The zero-order valence-electron chi connectivity index (χ0n) is 18.3. The number of nitrogens with zero attached hydrogens (tertiary/aromatic N) is 7. The minimum atomic E-state index is -0.496. The summed E-state index contributed by atoms with van der Waals surface area (Å²) in [5.41, 5.74) is 1.79. The second-order valence-corrected chi connectivity index (χ2v) is 8.38. The number of piperazine rings is 1. The van der Waals surface area contributed by atoms with Gasteiger partial charge >= 0.3 is 0 Å². The van der Waals surface area contributed by atoms with Gasteiger partial charge in [-0.3, -0.25) is 19.5 Å². The van der Waals surface area contributed by atoms with Crippen LogP contribution in [0.2, 0.25) is 0 Å². The number of para-hydroxylation sites is 2. The van der Waals surface area contributed by atoms with Crippen molar-refractivity contribution in [3.63, 3.8) is 0 Å². The van der Waals surface area contributed by atoms with Crippen LogP contribution in [-0.4, -0.2) is 68.9 Å². The third kappa shape index (κ3) is 3.32. The highest BCUT2D eigenvalue weighted by molar-refractivity contribution is 6.26. The summed E-state index contributed by atoms with van der Waals surface area (Å²) in [7, 11) is 0. The minimum Gasteiger partial charge on any atom is -0.571 e. The minimum absolute atomic E-state index is 0.0429. The van der Waals surface area contributed by atoms with Crippen molar-refractivity contribution in [2.24, 2.45) is 0 Å². The molecule has 1 aliphatic carbocycles. The van der Waals surface area contributed by atoms with Crippen LogP contribution in [0.3, 0.4) is 0 Å². The molecule has 1 fully saturated rings. The lowest BCUT2D eigenvalue weighted by molar-refractivity contribution is -0.749. The summed E-state index contributed by atoms with van der Waals surface area (Å²) >= 11 is 0. The fraction of sp³-hybridized carbons (Fsp3) is 0.304. The summed E-state index contributed by atoms with van der Waals surface area (Å²) in [6, 6.07) is 11.5. The predicted molar refractivity (Wildman–Crippen MR) is 120 cm³/mol. The van der Waals surface area contributed by atoms with Gasteiger partial charge in [-0.25, -0.2) is 0 Å². The average molecular weight is 459 g/mol. The number of aromatic nitrogens is 5. The summed E-state index contributed by atoms with van der Waals surface area (Å²) in [5, 5.41) is 16.2. The highest BCUT2D eigenvalue weighted by Crippen LogP contribution is 2.24. The molecule has 1 aliphatic heterocycles. The molecule has 0 amide bonds. The Morgan fingerprint density at radius 1 is 0.971 bits per heavy atom. The summed E-state index contributed by atoms with van der Waals surface area (Å²) in [6.07, 6.45) is 2.08. The number of anilines is 1. The van der Waals surface area contributed by atoms with Crippen LogP contribution in [0.5, 0.6) is 0 Å². The Morgan fingerprint density at radius 2 is 1.79 bits per heavy atom. The van der Waals surface area contributed by atoms with Crippen LogP contribution in [0.1, 0.15) is 38.7 Å². The number of fused-ring (bicyclic) bond motifs is 3. The van der Waals surface area contributed by atoms with Crippen LogP contribution in [-0.2, 0) is 6.54 Å². The van der Waals surface area contributed by atoms with Crippen LogP contribution in [0.25, 0.3) is 11.1 Å². The molecular weight excluding hydrogens is 438 g/mol. The van der Waals surface area contributed by atoms with E-state index >= 15 is 0 Å². The van der Waals surface area contributed by atoms with Crippen LogP contribution in [0.15, 0.2) is 47.0 Å². The van der Waals surface area contributed by atoms with E-state index in [0.29, 0.717) is 17.4 Å². The van der Waals surface area contributed by atoms with Crippen LogP contribution in [0.4, 0.5) is 6.01 Å². The lowest BCUT2D eigenvalue weighted by atomic mass is 9.94. The molecule has 11 nitrogen and oxygen atoms in total. The van der Waals surface area contributed by atoms with Gasteiger partial charge in [0.2, 0.25) is 17.3 Å². The molecule has 11 heteroatoms. The molecule has 172 valence electrons. The fourth-order valence-corrected chi connectivity index (χ4v) is 4.58. The first kappa shape index (κ1) is 20.5. The largest absolute Gasteiger partial charge is 0.571 e. The Bertz CT molecular complexity index is 1380. The molecule has 2 aliphatic rings. The quantitative estimate of drug-likeness (QED) is 0.280. The van der Waals surface area contributed by atoms with E-state index in [1.807, 2.05) is 24.3 Å². The molecule has 0 atom stereocenters. The zero-order chi connectivity index (χ0) is 23.2. The highest BCUT2D eigenvalue weighted by Gasteiger charge is 2.40. The van der Waals surface area contributed by atoms with E-state index in [1.54, 1.807) is 12.1 Å². The van der Waals surface area contributed by atoms with Gasteiger partial charge in [-0.1, -0.05) is 12.1 Å². The van der Waals surface area contributed by atoms with Crippen LogP contribution >= 0.6 is 0 Å². The number of ketones is 2. The number of pyridine rings is 1. The van der Waals surface area contributed by atoms with Crippen molar-refractivity contribution in [3.8, 4) is 0 Å². The Morgan fingerprint density at radius 3 is 2.62 bits per heavy atom. The number of oxazole rings is 1. The van der Waals surface area contributed by atoms with Gasteiger partial charge in [0.05, 0.1) is 12.1 Å². The van der Waals surface area contributed by atoms with Crippen molar-refractivity contribution in [1.82, 2.24) is 24.6 Å². The number of benzene rings is 1. The third-order valence-electron chi connectivity index (χ3n) is 6.34. The summed E-state index contributed by atoms with van der Waals surface area (Å²) in [4.78, 5) is 39.0. The molecule has 0 saturated carbocycles. The first-order valence-corrected chi connectivity index (χ1v) is 11.2. The Hall–Kier alpha value is -4.12. The summed E-state index contributed by atoms with van der Waals surface area (Å²) in [5.74, 6) is -0.893. The van der Waals surface area contributed by atoms with Gasteiger partial charge in [-0.15, -0.1) is 4.68 Å². The van der Waals surface area contributed by atoms with Crippen molar-refractivity contribution in [2.45, 2.75) is 13.0 Å². The fourth-order valence-electron chi connectivity index (χ4n) is 4.58. The van der Waals surface area contributed by atoms with E-state index in [1.165, 1.54) is 10.9 Å². The molecule has 1 aromatic carbocycles. The van der Waals surface area contributed by atoms with E-state index in [0.717, 1.165) is 43.8 Å². The van der Waals surface area contributed by atoms with Crippen molar-refractivity contribution >= 4 is 28.7 Å². The molecule has 0 unspecified atom stereocenters. The van der Waals surface area contributed by atoms with Gasteiger partial charge in [0.1, 0.15) is 11.2 Å². The highest BCUT2D eigenvalue weighted by atomic mass is 16.5. The standard InChI is InChI=1S/C23H21N7O4/c31-21-15-5-3-8-24-18(15)22(32)19-20(21)29(30(33)26-19)10-4-9-27-11-13-28(14-12-27)23-25-16-6-1-2-7-17(16)34-23/h1-3,5-8H,4,9-14H2. The Labute approximate surface area is 193 Å². The van der Waals surface area contributed by atoms with E-state index in [2.05, 4.69) is 24.9 Å². The molecule has 1 saturated heterocycles. The van der Waals surface area contributed by atoms with Crippen molar-refractivity contribution in [3.05, 3.63) is 70.4 Å². The van der Waals surface area contributed by atoms with Gasteiger partial charge in [-0.05, 0) is 30.7 Å². The first-order chi connectivity index (χ1) is 16.6. The van der Waals surface area contributed by atoms with Crippen molar-refractivity contribution in [2.75, 3.05) is 37.6 Å². The van der Waals surface area contributed by atoms with Crippen molar-refractivity contribution < 1.29 is 19.0 Å². The molecule has 0 bridgehead atoms. The molecule has 4 heterocycles. The number of carbonyl (C=O) groups excluding carboxylic acids is 2. The SMILES string of the molecule is O=C1c2ncccc2C(=O)c2c1n[n+]([O-])n2CCCN1CCN(c2nc3ccccc3o2)CC1. The monoisotopic (exact) mass is 459 g/mol. The Kier molecular flexibility index (Phi) is 4.84. The smallest absolute Gasteiger partial charge is 0.298 e. The second kappa shape index (κ2) is 8.03. The average Bonchev–Trinajstić information content (AvgIpc) is 3.44. The van der Waals surface area contributed by atoms with Crippen LogP contribution in [0, 0.1) is 5.21 Å². The molecule has 0 N–H and O–H groups in total. The number of carbonyl (C=O) groups is 2. The van der Waals surface area contributed by atoms with Crippen LogP contribution < -0.4 is 9.86 Å². The third-order valence-corrected chi connectivity index (χ3v) is 6.34. The van der Waals surface area contributed by atoms with E-state index < -0.39 is 11.6 Å². The maximum Gasteiger partial charge on any atom is 0.298 e. The maximum absolute atomic E-state index is 13.0. The lowest BCUT2D eigenvalue weighted by Crippen LogP contribution is -2.47. The Balaban J connectivity index is 1.09. The number of hydrogen-bond acceptors (Lipinski definition) is 9. The van der Waals surface area contributed by atoms with E-state index in [4.69, 9.17) is 4.42 Å². The molecule has 6 rings (SSSR count). The molecule has 0 radical (unpaired) electrons. The zero-order valence-corrected chi connectivity index (χ0v) is 18.3. The summed E-state index contributed by atoms with van der Waals surface area (Å²) < 4.78 is 7.12. The maximum atomic E-state index is 13.0. The first-order valence-electron chi connectivity index (χ1n) is 11.2. The lowest BCUT2D eigenvalue weighted by Gasteiger charge is -2.33. The van der Waals surface area contributed by atoms with Gasteiger partial charge in [0.25, 0.3) is 6.01 Å². The van der Waals surface area contributed by atoms with Crippen molar-refractivity contribution in [1.29, 1.82) is 0 Å². The van der Waals surface area contributed by atoms with Gasteiger partial charge in [-0.2, -0.15) is 4.98 Å². The number of rotatable bonds is 5. The van der Waals surface area contributed by atoms with Gasteiger partial charge in [0.15, 0.2) is 11.3 Å².